The van der Waals surface area contributed by atoms with Crippen LogP contribution in [-0.2, 0) is 0 Å². The molecule has 0 saturated carbocycles. The lowest BCUT2D eigenvalue weighted by Gasteiger charge is -2.04. The van der Waals surface area contributed by atoms with Gasteiger partial charge in [-0.1, -0.05) is 18.7 Å². The molecule has 1 atom stereocenters. The molecule has 0 aliphatic carbocycles. The molecule has 4 heteroatoms. The van der Waals surface area contributed by atoms with Crippen LogP contribution in [0.25, 0.3) is 0 Å². The second-order valence-electron chi connectivity index (χ2n) is 2.20. The van der Waals surface area contributed by atoms with Crippen LogP contribution in [0, 0.1) is 0 Å². The number of aromatic nitrogens is 2. The first-order chi connectivity index (χ1) is 5.33. The molecule has 0 amide bonds. The van der Waals surface area contributed by atoms with E-state index >= 15 is 0 Å². The van der Waals surface area contributed by atoms with Crippen molar-refractivity contribution >= 4 is 11.8 Å². The van der Waals surface area contributed by atoms with Gasteiger partial charge >= 0.3 is 0 Å². The summed E-state index contributed by atoms with van der Waals surface area (Å²) in [5.41, 5.74) is 5.44. The Bertz CT molecular complexity index is 202. The summed E-state index contributed by atoms with van der Waals surface area (Å²) in [5, 5.41) is 1.18. The van der Waals surface area contributed by atoms with Crippen molar-refractivity contribution in [1.82, 2.24) is 9.97 Å². The molecule has 2 N–H and O–H groups in total. The molecule has 3 nitrogen and oxygen atoms in total. The summed E-state index contributed by atoms with van der Waals surface area (Å²) in [6.07, 6.45) is 3.47. The highest BCUT2D eigenvalue weighted by Crippen LogP contribution is 2.16. The molecular weight excluding hydrogens is 158 g/mol. The maximum atomic E-state index is 5.44. The fraction of sp³-hybridized carbons (Fsp3) is 0.429. The predicted molar refractivity (Wildman–Crippen MR) is 46.4 cm³/mol. The van der Waals surface area contributed by atoms with Gasteiger partial charge in [-0.15, -0.1) is 0 Å². The van der Waals surface area contributed by atoms with E-state index in [2.05, 4.69) is 16.9 Å². The number of nitrogens with two attached hydrogens (primary N) is 1. The second kappa shape index (κ2) is 4.31. The average molecular weight is 169 g/mol. The third kappa shape index (κ3) is 2.86. The molecule has 0 saturated heterocycles. The van der Waals surface area contributed by atoms with Gasteiger partial charge < -0.3 is 5.73 Å². The van der Waals surface area contributed by atoms with Crippen LogP contribution in [0.3, 0.4) is 0 Å². The summed E-state index contributed by atoms with van der Waals surface area (Å²) >= 11 is 1.60. The minimum atomic E-state index is 0.386. The van der Waals surface area contributed by atoms with Gasteiger partial charge in [0, 0.05) is 24.2 Å². The quantitative estimate of drug-likeness (QED) is 0.540. The van der Waals surface area contributed by atoms with Gasteiger partial charge in [-0.2, -0.15) is 0 Å². The lowest BCUT2D eigenvalue weighted by molar-refractivity contribution is 0.916. The van der Waals surface area contributed by atoms with Gasteiger partial charge in [0.25, 0.3) is 0 Å². The molecule has 0 aromatic carbocycles. The van der Waals surface area contributed by atoms with Crippen molar-refractivity contribution in [2.45, 2.75) is 17.3 Å². The van der Waals surface area contributed by atoms with E-state index in [0.717, 1.165) is 5.16 Å². The molecule has 11 heavy (non-hydrogen) atoms. The zero-order valence-electron chi connectivity index (χ0n) is 6.40. The van der Waals surface area contributed by atoms with Crippen molar-refractivity contribution in [2.24, 2.45) is 5.73 Å². The molecule has 0 unspecified atom stereocenters. The highest BCUT2D eigenvalue weighted by molar-refractivity contribution is 7.99. The summed E-state index contributed by atoms with van der Waals surface area (Å²) in [6, 6.07) is 1.80. The SMILES string of the molecule is C[C@H](CN)Sc1ncccn1. The molecule has 1 rings (SSSR count). The molecule has 1 aromatic rings. The number of thioether (sulfide) groups is 1. The van der Waals surface area contributed by atoms with Crippen LogP contribution in [-0.4, -0.2) is 21.8 Å². The van der Waals surface area contributed by atoms with E-state index in [9.17, 15) is 0 Å². The van der Waals surface area contributed by atoms with Crippen molar-refractivity contribution in [3.05, 3.63) is 18.5 Å². The van der Waals surface area contributed by atoms with E-state index in [1.165, 1.54) is 0 Å². The fourth-order valence-electron chi connectivity index (χ4n) is 0.574. The van der Waals surface area contributed by atoms with Crippen molar-refractivity contribution in [3.8, 4) is 0 Å². The maximum Gasteiger partial charge on any atom is 0.187 e. The van der Waals surface area contributed by atoms with Gasteiger partial charge in [-0.3, -0.25) is 0 Å². The van der Waals surface area contributed by atoms with Crippen LogP contribution in [0.5, 0.6) is 0 Å². The largest absolute Gasteiger partial charge is 0.329 e. The Hall–Kier alpha value is -0.610. The first-order valence-corrected chi connectivity index (χ1v) is 4.34. The molecule has 60 valence electrons. The lowest BCUT2D eigenvalue weighted by Crippen LogP contribution is -2.12. The molecule has 0 aliphatic heterocycles. The topological polar surface area (TPSA) is 51.8 Å². The molecule has 0 radical (unpaired) electrons. The Balaban J connectivity index is 2.51. The average Bonchev–Trinajstić information content (AvgIpc) is 2.06. The molecule has 0 spiro atoms. The summed E-state index contributed by atoms with van der Waals surface area (Å²) in [7, 11) is 0. The van der Waals surface area contributed by atoms with E-state index in [-0.39, 0.29) is 0 Å². The Morgan fingerprint density at radius 1 is 1.55 bits per heavy atom. The van der Waals surface area contributed by atoms with Gasteiger partial charge in [0.05, 0.1) is 0 Å². The molecule has 1 aromatic heterocycles. The fourth-order valence-corrected chi connectivity index (χ4v) is 1.27. The molecular formula is C7H11N3S. The third-order valence-electron chi connectivity index (χ3n) is 1.18. The Morgan fingerprint density at radius 3 is 2.73 bits per heavy atom. The minimum Gasteiger partial charge on any atom is -0.329 e. The van der Waals surface area contributed by atoms with Crippen LogP contribution in [0.15, 0.2) is 23.6 Å². The van der Waals surface area contributed by atoms with E-state index in [1.807, 2.05) is 0 Å². The predicted octanol–water partition coefficient (Wildman–Crippen LogP) is 0.916. The first-order valence-electron chi connectivity index (χ1n) is 3.46. The highest BCUT2D eigenvalue weighted by atomic mass is 32.2. The number of hydrogen-bond acceptors (Lipinski definition) is 4. The van der Waals surface area contributed by atoms with Crippen molar-refractivity contribution in [3.63, 3.8) is 0 Å². The molecule has 0 fully saturated rings. The summed E-state index contributed by atoms with van der Waals surface area (Å²) in [4.78, 5) is 8.13. The van der Waals surface area contributed by atoms with E-state index < -0.39 is 0 Å². The first kappa shape index (κ1) is 8.49. The monoisotopic (exact) mass is 169 g/mol. The molecule has 1 heterocycles. The van der Waals surface area contributed by atoms with Gasteiger partial charge in [0.1, 0.15) is 0 Å². The smallest absolute Gasteiger partial charge is 0.187 e. The Morgan fingerprint density at radius 2 is 2.18 bits per heavy atom. The zero-order valence-corrected chi connectivity index (χ0v) is 7.21. The van der Waals surface area contributed by atoms with Gasteiger partial charge in [-0.05, 0) is 6.07 Å². The van der Waals surface area contributed by atoms with Gasteiger partial charge in [0.2, 0.25) is 0 Å². The molecule has 0 bridgehead atoms. The Labute approximate surface area is 70.4 Å². The third-order valence-corrected chi connectivity index (χ3v) is 2.20. The Kier molecular flexibility index (Phi) is 3.32. The van der Waals surface area contributed by atoms with Crippen LogP contribution < -0.4 is 5.73 Å². The maximum absolute atomic E-state index is 5.44. The molecule has 0 aliphatic rings. The highest BCUT2D eigenvalue weighted by Gasteiger charge is 2.02. The van der Waals surface area contributed by atoms with Gasteiger partial charge in [-0.25, -0.2) is 9.97 Å². The van der Waals surface area contributed by atoms with Crippen LogP contribution in [0.1, 0.15) is 6.92 Å². The number of rotatable bonds is 3. The van der Waals surface area contributed by atoms with Crippen LogP contribution in [0.4, 0.5) is 0 Å². The normalized spacial score (nSPS) is 12.9. The minimum absolute atomic E-state index is 0.386. The van der Waals surface area contributed by atoms with Crippen molar-refractivity contribution < 1.29 is 0 Å². The van der Waals surface area contributed by atoms with Crippen LogP contribution >= 0.6 is 11.8 Å². The van der Waals surface area contributed by atoms with Crippen molar-refractivity contribution in [2.75, 3.05) is 6.54 Å². The number of hydrogen-bond donors (Lipinski definition) is 1. The lowest BCUT2D eigenvalue weighted by atomic mass is 10.5. The number of nitrogens with zero attached hydrogens (tertiary/aromatic N) is 2. The van der Waals surface area contributed by atoms with E-state index in [1.54, 1.807) is 30.2 Å². The second-order valence-corrected chi connectivity index (χ2v) is 3.60. The van der Waals surface area contributed by atoms with E-state index in [0.29, 0.717) is 11.8 Å². The standard InChI is InChI=1S/C7H11N3S/c1-6(5-8)11-7-9-3-2-4-10-7/h2-4,6H,5,8H2,1H3/t6-/m1/s1. The summed E-state index contributed by atoms with van der Waals surface area (Å²) in [5.74, 6) is 0. The van der Waals surface area contributed by atoms with Crippen molar-refractivity contribution in [1.29, 1.82) is 0 Å². The zero-order chi connectivity index (χ0) is 8.10. The summed E-state index contributed by atoms with van der Waals surface area (Å²) in [6.45, 7) is 2.71. The van der Waals surface area contributed by atoms with E-state index in [4.69, 9.17) is 5.73 Å². The van der Waals surface area contributed by atoms with Gasteiger partial charge in [0.15, 0.2) is 5.16 Å². The van der Waals surface area contributed by atoms with Crippen LogP contribution in [0.2, 0.25) is 0 Å². The summed E-state index contributed by atoms with van der Waals surface area (Å²) < 4.78 is 0.